The van der Waals surface area contributed by atoms with E-state index in [4.69, 9.17) is 0 Å². The normalized spacial score (nSPS) is 11.2. The zero-order valence-electron chi connectivity index (χ0n) is 14.5. The number of halogens is 1. The van der Waals surface area contributed by atoms with Crippen LogP contribution in [-0.4, -0.2) is 28.1 Å². The van der Waals surface area contributed by atoms with E-state index in [-0.39, 0.29) is 5.82 Å². The summed E-state index contributed by atoms with van der Waals surface area (Å²) in [7, 11) is 0. The summed E-state index contributed by atoms with van der Waals surface area (Å²) in [4.78, 5) is 6.45. The molecule has 0 amide bonds. The Bertz CT molecular complexity index is 878. The fourth-order valence-corrected chi connectivity index (χ4v) is 2.86. The van der Waals surface area contributed by atoms with Crippen LogP contribution in [0.15, 0.2) is 48.7 Å². The van der Waals surface area contributed by atoms with E-state index < -0.39 is 0 Å². The van der Waals surface area contributed by atoms with E-state index in [0.717, 1.165) is 35.4 Å². The fourth-order valence-electron chi connectivity index (χ4n) is 2.86. The van der Waals surface area contributed by atoms with E-state index in [2.05, 4.69) is 29.0 Å². The van der Waals surface area contributed by atoms with Gasteiger partial charge in [0.25, 0.3) is 0 Å². The number of anilines is 2. The van der Waals surface area contributed by atoms with Gasteiger partial charge < -0.3 is 10.4 Å². The van der Waals surface area contributed by atoms with Crippen molar-refractivity contribution in [2.24, 2.45) is 0 Å². The van der Waals surface area contributed by atoms with Gasteiger partial charge in [0, 0.05) is 41.1 Å². The summed E-state index contributed by atoms with van der Waals surface area (Å²) in [5, 5.41) is 14.3. The number of hydrogen-bond donors (Lipinski definition) is 2. The molecule has 0 radical (unpaired) electrons. The molecule has 25 heavy (non-hydrogen) atoms. The zero-order valence-corrected chi connectivity index (χ0v) is 14.5. The van der Waals surface area contributed by atoms with Crippen LogP contribution in [0.2, 0.25) is 0 Å². The summed E-state index contributed by atoms with van der Waals surface area (Å²) in [5.74, 6) is -0.0117. The first-order valence-electron chi connectivity index (χ1n) is 8.46. The van der Waals surface area contributed by atoms with Crippen molar-refractivity contribution < 1.29 is 9.50 Å². The summed E-state index contributed by atoms with van der Waals surface area (Å²) in [6, 6.07) is 11.9. The molecule has 3 aromatic rings. The molecule has 5 heteroatoms. The molecule has 2 aromatic carbocycles. The van der Waals surface area contributed by atoms with Gasteiger partial charge in [0.1, 0.15) is 11.6 Å². The van der Waals surface area contributed by atoms with Crippen LogP contribution < -0.4 is 5.32 Å². The number of rotatable bonds is 6. The lowest BCUT2D eigenvalue weighted by molar-refractivity contribution is 0.291. The summed E-state index contributed by atoms with van der Waals surface area (Å²) < 4.78 is 13.4. The number of phenols is 1. The summed E-state index contributed by atoms with van der Waals surface area (Å²) in [6.45, 7) is 6.74. The predicted molar refractivity (Wildman–Crippen MR) is 99.7 cm³/mol. The largest absolute Gasteiger partial charge is 0.508 e. The molecule has 2 N–H and O–H groups in total. The van der Waals surface area contributed by atoms with Crippen LogP contribution in [0, 0.1) is 5.82 Å². The molecule has 0 unspecified atom stereocenters. The summed E-state index contributed by atoms with van der Waals surface area (Å²) in [6.07, 6.45) is 1.65. The van der Waals surface area contributed by atoms with E-state index >= 15 is 0 Å². The number of nitrogens with zero attached hydrogens (tertiary/aromatic N) is 2. The van der Waals surface area contributed by atoms with Crippen molar-refractivity contribution in [2.45, 2.75) is 20.4 Å². The molecule has 0 saturated heterocycles. The molecule has 0 aliphatic heterocycles. The van der Waals surface area contributed by atoms with Gasteiger partial charge in [-0.15, -0.1) is 0 Å². The van der Waals surface area contributed by atoms with Gasteiger partial charge in [-0.1, -0.05) is 13.8 Å². The summed E-state index contributed by atoms with van der Waals surface area (Å²) in [5.41, 5.74) is 3.20. The molecular weight excluding hydrogens is 317 g/mol. The number of phenolic OH excluding ortho intramolecular Hbond substituents is 1. The van der Waals surface area contributed by atoms with Crippen LogP contribution in [0.25, 0.3) is 10.9 Å². The van der Waals surface area contributed by atoms with Gasteiger partial charge in [-0.05, 0) is 49.5 Å². The number of aromatic hydroxyl groups is 1. The molecule has 0 aliphatic rings. The topological polar surface area (TPSA) is 48.4 Å². The Labute approximate surface area is 146 Å². The first kappa shape index (κ1) is 17.2. The number of nitrogens with one attached hydrogen (secondary N) is 1. The van der Waals surface area contributed by atoms with Crippen molar-refractivity contribution in [3.63, 3.8) is 0 Å². The molecule has 0 atom stereocenters. The highest BCUT2D eigenvalue weighted by atomic mass is 19.1. The molecule has 1 aromatic heterocycles. The molecule has 1 heterocycles. The van der Waals surface area contributed by atoms with Gasteiger partial charge in [-0.2, -0.15) is 0 Å². The standard InChI is InChI=1S/C20H22FN3O/c1-3-24(4-2)13-14-11-16(6-8-20(14)25)23-18-9-10-22-19-12-15(21)5-7-17(18)19/h5-12,25H,3-4,13H2,1-2H3,(H,22,23). The Hall–Kier alpha value is -2.66. The highest BCUT2D eigenvalue weighted by molar-refractivity contribution is 5.92. The highest BCUT2D eigenvalue weighted by Gasteiger charge is 2.09. The number of aromatic nitrogens is 1. The molecule has 0 aliphatic carbocycles. The first-order valence-corrected chi connectivity index (χ1v) is 8.46. The lowest BCUT2D eigenvalue weighted by atomic mass is 10.1. The smallest absolute Gasteiger partial charge is 0.125 e. The van der Waals surface area contributed by atoms with Crippen molar-refractivity contribution in [2.75, 3.05) is 18.4 Å². The second-order valence-electron chi connectivity index (χ2n) is 5.95. The Morgan fingerprint density at radius 1 is 1.08 bits per heavy atom. The highest BCUT2D eigenvalue weighted by Crippen LogP contribution is 2.28. The van der Waals surface area contributed by atoms with Crippen molar-refractivity contribution >= 4 is 22.3 Å². The van der Waals surface area contributed by atoms with Gasteiger partial charge in [-0.25, -0.2) is 4.39 Å². The Balaban J connectivity index is 1.91. The molecule has 0 saturated carbocycles. The molecule has 4 nitrogen and oxygen atoms in total. The van der Waals surface area contributed by atoms with Gasteiger partial charge in [0.05, 0.1) is 5.52 Å². The van der Waals surface area contributed by atoms with E-state index in [1.165, 1.54) is 12.1 Å². The Morgan fingerprint density at radius 2 is 1.88 bits per heavy atom. The maximum atomic E-state index is 13.4. The third kappa shape index (κ3) is 3.88. The van der Waals surface area contributed by atoms with Crippen LogP contribution in [0.5, 0.6) is 5.75 Å². The average molecular weight is 339 g/mol. The summed E-state index contributed by atoms with van der Waals surface area (Å²) >= 11 is 0. The van der Waals surface area contributed by atoms with Crippen LogP contribution in [-0.2, 0) is 6.54 Å². The predicted octanol–water partition coefficient (Wildman–Crippen LogP) is 4.66. The molecule has 0 spiro atoms. The monoisotopic (exact) mass is 339 g/mol. The molecular formula is C20H22FN3O. The minimum Gasteiger partial charge on any atom is -0.508 e. The van der Waals surface area contributed by atoms with E-state index in [0.29, 0.717) is 17.8 Å². The van der Waals surface area contributed by atoms with Crippen LogP contribution >= 0.6 is 0 Å². The van der Waals surface area contributed by atoms with Crippen molar-refractivity contribution in [3.8, 4) is 5.75 Å². The maximum Gasteiger partial charge on any atom is 0.125 e. The van der Waals surface area contributed by atoms with Gasteiger partial charge in [0.2, 0.25) is 0 Å². The van der Waals surface area contributed by atoms with Crippen LogP contribution in [0.3, 0.4) is 0 Å². The van der Waals surface area contributed by atoms with Crippen LogP contribution in [0.1, 0.15) is 19.4 Å². The van der Waals surface area contributed by atoms with Crippen molar-refractivity contribution in [1.29, 1.82) is 0 Å². The minimum absolute atomic E-state index is 0.291. The number of benzene rings is 2. The zero-order chi connectivity index (χ0) is 17.8. The van der Waals surface area contributed by atoms with Gasteiger partial charge >= 0.3 is 0 Å². The fraction of sp³-hybridized carbons (Fsp3) is 0.250. The van der Waals surface area contributed by atoms with Crippen molar-refractivity contribution in [3.05, 3.63) is 60.0 Å². The van der Waals surface area contributed by atoms with E-state index in [9.17, 15) is 9.50 Å². The third-order valence-electron chi connectivity index (χ3n) is 4.35. The lowest BCUT2D eigenvalue weighted by Gasteiger charge is -2.19. The van der Waals surface area contributed by atoms with E-state index in [1.807, 2.05) is 18.2 Å². The second kappa shape index (κ2) is 7.49. The maximum absolute atomic E-state index is 13.4. The molecule has 130 valence electrons. The molecule has 0 bridgehead atoms. The lowest BCUT2D eigenvalue weighted by Crippen LogP contribution is -2.22. The number of fused-ring (bicyclic) bond motifs is 1. The number of hydrogen-bond acceptors (Lipinski definition) is 4. The number of pyridine rings is 1. The average Bonchev–Trinajstić information content (AvgIpc) is 2.62. The Morgan fingerprint density at radius 3 is 2.64 bits per heavy atom. The minimum atomic E-state index is -0.303. The quantitative estimate of drug-likeness (QED) is 0.641. The van der Waals surface area contributed by atoms with E-state index in [1.54, 1.807) is 18.3 Å². The van der Waals surface area contributed by atoms with Crippen molar-refractivity contribution in [1.82, 2.24) is 9.88 Å². The SMILES string of the molecule is CCN(CC)Cc1cc(Nc2ccnc3cc(F)ccc23)ccc1O. The molecule has 3 rings (SSSR count). The van der Waals surface area contributed by atoms with Gasteiger partial charge in [0.15, 0.2) is 0 Å². The third-order valence-corrected chi connectivity index (χ3v) is 4.35. The van der Waals surface area contributed by atoms with Crippen LogP contribution in [0.4, 0.5) is 15.8 Å². The second-order valence-corrected chi connectivity index (χ2v) is 5.95. The first-order chi connectivity index (χ1) is 12.1. The van der Waals surface area contributed by atoms with Gasteiger partial charge in [-0.3, -0.25) is 9.88 Å². The Kier molecular flexibility index (Phi) is 5.14. The molecule has 0 fully saturated rings.